The van der Waals surface area contributed by atoms with Gasteiger partial charge in [-0.05, 0) is 23.8 Å². The minimum absolute atomic E-state index is 0.0255. The topological polar surface area (TPSA) is 72.5 Å². The van der Waals surface area contributed by atoms with Crippen molar-refractivity contribution in [1.29, 1.82) is 0 Å². The average Bonchev–Trinajstić information content (AvgIpc) is 2.95. The van der Waals surface area contributed by atoms with Crippen LogP contribution in [-0.4, -0.2) is 20.3 Å². The molecule has 3 rings (SSSR count). The molecule has 0 unspecified atom stereocenters. The molecule has 0 spiro atoms. The maximum Gasteiger partial charge on any atom is 0.372 e. The Balaban J connectivity index is 2.03. The van der Waals surface area contributed by atoms with E-state index in [4.69, 9.17) is 0 Å². The lowest BCUT2D eigenvalue weighted by Crippen LogP contribution is -2.15. The highest BCUT2D eigenvalue weighted by Gasteiger charge is 2.25. The van der Waals surface area contributed by atoms with Crippen molar-refractivity contribution in [2.45, 2.75) is 31.7 Å². The SMILES string of the molecule is O=[N+]([O-])c1c(NC2CCCC2)nc2ccccn12. The van der Waals surface area contributed by atoms with E-state index >= 15 is 0 Å². The summed E-state index contributed by atoms with van der Waals surface area (Å²) in [6.45, 7) is 0. The van der Waals surface area contributed by atoms with E-state index in [9.17, 15) is 10.1 Å². The molecular formula is C12H14N4O2. The van der Waals surface area contributed by atoms with Gasteiger partial charge in [0.1, 0.15) is 0 Å². The van der Waals surface area contributed by atoms with Gasteiger partial charge in [-0.25, -0.2) is 0 Å². The third-order valence-electron chi connectivity index (χ3n) is 3.37. The number of anilines is 1. The van der Waals surface area contributed by atoms with Crippen LogP contribution in [-0.2, 0) is 0 Å². The quantitative estimate of drug-likeness (QED) is 0.667. The van der Waals surface area contributed by atoms with Crippen LogP contribution >= 0.6 is 0 Å². The number of hydrogen-bond donors (Lipinski definition) is 1. The van der Waals surface area contributed by atoms with Gasteiger partial charge in [0.2, 0.25) is 11.5 Å². The number of hydrogen-bond acceptors (Lipinski definition) is 4. The molecule has 0 saturated heterocycles. The number of nitrogens with one attached hydrogen (secondary N) is 1. The van der Waals surface area contributed by atoms with Crippen LogP contribution in [0.3, 0.4) is 0 Å². The number of nitrogens with zero attached hydrogens (tertiary/aromatic N) is 3. The third-order valence-corrected chi connectivity index (χ3v) is 3.37. The van der Waals surface area contributed by atoms with E-state index in [0.29, 0.717) is 17.5 Å². The summed E-state index contributed by atoms with van der Waals surface area (Å²) in [6, 6.07) is 5.67. The van der Waals surface area contributed by atoms with Crippen molar-refractivity contribution in [3.63, 3.8) is 0 Å². The zero-order valence-electron chi connectivity index (χ0n) is 9.87. The first-order valence-corrected chi connectivity index (χ1v) is 6.14. The molecule has 6 heteroatoms. The monoisotopic (exact) mass is 246 g/mol. The average molecular weight is 246 g/mol. The molecule has 1 N–H and O–H groups in total. The predicted molar refractivity (Wildman–Crippen MR) is 67.7 cm³/mol. The number of pyridine rings is 1. The fourth-order valence-electron chi connectivity index (χ4n) is 2.52. The Bertz CT molecular complexity index is 587. The van der Waals surface area contributed by atoms with Crippen molar-refractivity contribution in [3.8, 4) is 0 Å². The Hall–Kier alpha value is -2.11. The van der Waals surface area contributed by atoms with E-state index < -0.39 is 0 Å². The summed E-state index contributed by atoms with van der Waals surface area (Å²) in [7, 11) is 0. The lowest BCUT2D eigenvalue weighted by Gasteiger charge is -2.09. The molecule has 0 atom stereocenters. The van der Waals surface area contributed by atoms with Gasteiger partial charge >= 0.3 is 5.82 Å². The van der Waals surface area contributed by atoms with Crippen LogP contribution in [0.25, 0.3) is 5.65 Å². The summed E-state index contributed by atoms with van der Waals surface area (Å²) < 4.78 is 1.51. The molecule has 0 bridgehead atoms. The molecule has 2 aromatic rings. The number of fused-ring (bicyclic) bond motifs is 1. The van der Waals surface area contributed by atoms with Gasteiger partial charge in [-0.15, -0.1) is 0 Å². The van der Waals surface area contributed by atoms with E-state index in [2.05, 4.69) is 10.3 Å². The minimum atomic E-state index is -0.378. The van der Waals surface area contributed by atoms with Gasteiger partial charge in [-0.1, -0.05) is 18.9 Å². The summed E-state index contributed by atoms with van der Waals surface area (Å²) in [5.74, 6) is 0.413. The highest BCUT2D eigenvalue weighted by molar-refractivity contribution is 5.62. The zero-order valence-corrected chi connectivity index (χ0v) is 9.87. The van der Waals surface area contributed by atoms with Crippen LogP contribution in [0.4, 0.5) is 11.6 Å². The maximum atomic E-state index is 11.2. The second-order valence-corrected chi connectivity index (χ2v) is 4.60. The minimum Gasteiger partial charge on any atom is -0.360 e. The Morgan fingerprint density at radius 3 is 2.89 bits per heavy atom. The van der Waals surface area contributed by atoms with Gasteiger partial charge < -0.3 is 15.4 Å². The van der Waals surface area contributed by atoms with Gasteiger partial charge in [0.25, 0.3) is 0 Å². The molecule has 94 valence electrons. The summed E-state index contributed by atoms with van der Waals surface area (Å²) in [6.07, 6.45) is 6.15. The highest BCUT2D eigenvalue weighted by Crippen LogP contribution is 2.29. The van der Waals surface area contributed by atoms with E-state index in [-0.39, 0.29) is 10.7 Å². The molecule has 0 radical (unpaired) electrons. The number of imidazole rings is 1. The third kappa shape index (κ3) is 1.79. The smallest absolute Gasteiger partial charge is 0.360 e. The molecule has 0 aromatic carbocycles. The van der Waals surface area contributed by atoms with Gasteiger partial charge in [0.05, 0.1) is 6.20 Å². The molecule has 18 heavy (non-hydrogen) atoms. The summed E-state index contributed by atoms with van der Waals surface area (Å²) in [4.78, 5) is 15.1. The molecule has 2 heterocycles. The van der Waals surface area contributed by atoms with Crippen LogP contribution in [0.5, 0.6) is 0 Å². The Kier molecular flexibility index (Phi) is 2.62. The standard InChI is InChI=1S/C12H14N4O2/c17-16(18)12-11(13-9-5-1-2-6-9)14-10-7-3-4-8-15(10)12/h3-4,7-9,13H,1-2,5-6H2. The van der Waals surface area contributed by atoms with Gasteiger partial charge in [-0.2, -0.15) is 9.38 Å². The van der Waals surface area contributed by atoms with Crippen molar-refractivity contribution in [3.05, 3.63) is 34.5 Å². The first kappa shape index (κ1) is 11.0. The molecule has 0 amide bonds. The summed E-state index contributed by atoms with van der Waals surface area (Å²) >= 11 is 0. The molecule has 1 saturated carbocycles. The number of rotatable bonds is 3. The Morgan fingerprint density at radius 2 is 2.17 bits per heavy atom. The van der Waals surface area contributed by atoms with Crippen LogP contribution in [0, 0.1) is 10.1 Å². The Morgan fingerprint density at radius 1 is 1.39 bits per heavy atom. The molecule has 1 aliphatic rings. The molecule has 2 aromatic heterocycles. The normalized spacial score (nSPS) is 16.2. The van der Waals surface area contributed by atoms with Crippen molar-refractivity contribution in [2.75, 3.05) is 5.32 Å². The van der Waals surface area contributed by atoms with E-state index in [1.807, 2.05) is 6.07 Å². The van der Waals surface area contributed by atoms with Crippen molar-refractivity contribution in [1.82, 2.24) is 9.38 Å². The van der Waals surface area contributed by atoms with Crippen molar-refractivity contribution < 1.29 is 4.92 Å². The van der Waals surface area contributed by atoms with E-state index in [0.717, 1.165) is 12.8 Å². The van der Waals surface area contributed by atoms with E-state index in [1.165, 1.54) is 17.2 Å². The van der Waals surface area contributed by atoms with Gasteiger partial charge in [0, 0.05) is 12.1 Å². The lowest BCUT2D eigenvalue weighted by atomic mass is 10.2. The first-order chi connectivity index (χ1) is 8.75. The molecular weight excluding hydrogens is 232 g/mol. The van der Waals surface area contributed by atoms with Gasteiger partial charge in [0.15, 0.2) is 0 Å². The molecule has 6 nitrogen and oxygen atoms in total. The van der Waals surface area contributed by atoms with Crippen LogP contribution in [0.2, 0.25) is 0 Å². The summed E-state index contributed by atoms with van der Waals surface area (Å²) in [5, 5.41) is 14.4. The van der Waals surface area contributed by atoms with Crippen LogP contribution in [0.1, 0.15) is 25.7 Å². The maximum absolute atomic E-state index is 11.2. The number of nitro groups is 1. The zero-order chi connectivity index (χ0) is 12.5. The highest BCUT2D eigenvalue weighted by atomic mass is 16.6. The van der Waals surface area contributed by atoms with Gasteiger partial charge in [-0.3, -0.25) is 0 Å². The second-order valence-electron chi connectivity index (χ2n) is 4.60. The largest absolute Gasteiger partial charge is 0.372 e. The number of aromatic nitrogens is 2. The van der Waals surface area contributed by atoms with E-state index in [1.54, 1.807) is 18.3 Å². The van der Waals surface area contributed by atoms with Crippen LogP contribution < -0.4 is 5.32 Å². The molecule has 0 aliphatic heterocycles. The fraction of sp³-hybridized carbons (Fsp3) is 0.417. The Labute approximate surface area is 104 Å². The lowest BCUT2D eigenvalue weighted by molar-refractivity contribution is -0.389. The van der Waals surface area contributed by atoms with Crippen molar-refractivity contribution >= 4 is 17.3 Å². The predicted octanol–water partition coefficient (Wildman–Crippen LogP) is 2.60. The molecule has 1 aliphatic carbocycles. The second kappa shape index (κ2) is 4.29. The first-order valence-electron chi connectivity index (χ1n) is 6.14. The molecule has 1 fully saturated rings. The fourth-order valence-corrected chi connectivity index (χ4v) is 2.52. The van der Waals surface area contributed by atoms with Crippen molar-refractivity contribution in [2.24, 2.45) is 0 Å². The summed E-state index contributed by atoms with van der Waals surface area (Å²) in [5.41, 5.74) is 0.602. The van der Waals surface area contributed by atoms with Crippen LogP contribution in [0.15, 0.2) is 24.4 Å².